The van der Waals surface area contributed by atoms with Crippen LogP contribution in [0.15, 0.2) is 12.7 Å². The zero-order valence-electron chi connectivity index (χ0n) is 8.77. The molecule has 1 unspecified atom stereocenters. The van der Waals surface area contributed by atoms with Crippen molar-refractivity contribution < 1.29 is 24.2 Å². The molecule has 0 aliphatic rings. The summed E-state index contributed by atoms with van der Waals surface area (Å²) in [5, 5.41) is 8.42. The number of hydrogen-bond donors (Lipinski definition) is 1. The van der Waals surface area contributed by atoms with Crippen LogP contribution in [0.1, 0.15) is 26.2 Å². The molecule has 0 bridgehead atoms. The molecule has 0 fully saturated rings. The van der Waals surface area contributed by atoms with Crippen molar-refractivity contribution in [3.05, 3.63) is 12.7 Å². The standard InChI is InChI=1S/C10H16O5/c1-3-5-8(15-10(12)13)6-7-14-9(11)4-2/h4,8H,2-3,5-7H2,1H3,(H,12,13). The first kappa shape index (κ1) is 13.5. The van der Waals surface area contributed by atoms with Crippen molar-refractivity contribution in [2.75, 3.05) is 6.61 Å². The topological polar surface area (TPSA) is 72.8 Å². The lowest BCUT2D eigenvalue weighted by Gasteiger charge is -2.14. The second-order valence-electron chi connectivity index (χ2n) is 2.95. The highest BCUT2D eigenvalue weighted by Gasteiger charge is 2.13. The number of carbonyl (C=O) groups excluding carboxylic acids is 1. The molecule has 1 N–H and O–H groups in total. The summed E-state index contributed by atoms with van der Waals surface area (Å²) in [5.74, 6) is -0.513. The molecule has 5 nitrogen and oxygen atoms in total. The molecule has 0 amide bonds. The smallest absolute Gasteiger partial charge is 0.462 e. The molecule has 15 heavy (non-hydrogen) atoms. The Kier molecular flexibility index (Phi) is 7.05. The first-order valence-corrected chi connectivity index (χ1v) is 4.79. The summed E-state index contributed by atoms with van der Waals surface area (Å²) in [7, 11) is 0. The Morgan fingerprint density at radius 2 is 2.13 bits per heavy atom. The Labute approximate surface area is 88.7 Å². The summed E-state index contributed by atoms with van der Waals surface area (Å²) in [6.07, 6.45) is 1.16. The molecule has 0 saturated carbocycles. The molecule has 0 radical (unpaired) electrons. The van der Waals surface area contributed by atoms with E-state index in [1.165, 1.54) is 0 Å². The minimum absolute atomic E-state index is 0.142. The molecule has 0 saturated heterocycles. The zero-order valence-corrected chi connectivity index (χ0v) is 8.77. The molecule has 5 heteroatoms. The van der Waals surface area contributed by atoms with Crippen molar-refractivity contribution >= 4 is 12.1 Å². The van der Waals surface area contributed by atoms with Gasteiger partial charge in [-0.05, 0) is 6.42 Å². The average molecular weight is 216 g/mol. The van der Waals surface area contributed by atoms with Crippen LogP contribution >= 0.6 is 0 Å². The summed E-state index contributed by atoms with van der Waals surface area (Å²) in [4.78, 5) is 21.0. The zero-order chi connectivity index (χ0) is 11.7. The summed E-state index contributed by atoms with van der Waals surface area (Å²) in [5.41, 5.74) is 0. The molecule has 0 aromatic rings. The SMILES string of the molecule is C=CC(=O)OCCC(CCC)OC(=O)O. The van der Waals surface area contributed by atoms with Gasteiger partial charge in [0.1, 0.15) is 6.10 Å². The minimum atomic E-state index is -1.30. The number of ether oxygens (including phenoxy) is 2. The van der Waals surface area contributed by atoms with Gasteiger partial charge in [-0.1, -0.05) is 19.9 Å². The lowest BCUT2D eigenvalue weighted by molar-refractivity contribution is -0.138. The normalized spacial score (nSPS) is 11.5. The third-order valence-electron chi connectivity index (χ3n) is 1.73. The van der Waals surface area contributed by atoms with Gasteiger partial charge in [-0.2, -0.15) is 0 Å². The maximum absolute atomic E-state index is 10.7. The molecule has 0 spiro atoms. The molecule has 0 rings (SSSR count). The Morgan fingerprint density at radius 1 is 1.47 bits per heavy atom. The van der Waals surface area contributed by atoms with Gasteiger partial charge in [0.15, 0.2) is 0 Å². The Morgan fingerprint density at radius 3 is 2.60 bits per heavy atom. The highest BCUT2D eigenvalue weighted by Crippen LogP contribution is 2.07. The summed E-state index contributed by atoms with van der Waals surface area (Å²) in [6.45, 7) is 5.31. The maximum atomic E-state index is 10.7. The van der Waals surface area contributed by atoms with Crippen molar-refractivity contribution in [2.24, 2.45) is 0 Å². The van der Waals surface area contributed by atoms with Crippen LogP contribution in [0.2, 0.25) is 0 Å². The fraction of sp³-hybridized carbons (Fsp3) is 0.600. The predicted octanol–water partition coefficient (Wildman–Crippen LogP) is 1.97. The van der Waals surface area contributed by atoms with E-state index >= 15 is 0 Å². The van der Waals surface area contributed by atoms with Gasteiger partial charge >= 0.3 is 12.1 Å². The third kappa shape index (κ3) is 7.54. The molecule has 0 aliphatic heterocycles. The van der Waals surface area contributed by atoms with Crippen molar-refractivity contribution in [2.45, 2.75) is 32.3 Å². The lowest BCUT2D eigenvalue weighted by Crippen LogP contribution is -2.19. The van der Waals surface area contributed by atoms with Gasteiger partial charge in [0.05, 0.1) is 6.61 Å². The average Bonchev–Trinajstić information content (AvgIpc) is 2.16. The van der Waals surface area contributed by atoms with Crippen LogP contribution in [0.5, 0.6) is 0 Å². The highest BCUT2D eigenvalue weighted by atomic mass is 16.7. The second-order valence-corrected chi connectivity index (χ2v) is 2.95. The van der Waals surface area contributed by atoms with Crippen molar-refractivity contribution in [3.63, 3.8) is 0 Å². The monoisotopic (exact) mass is 216 g/mol. The fourth-order valence-electron chi connectivity index (χ4n) is 1.08. The number of carboxylic acid groups (broad SMARTS) is 1. The summed E-state index contributed by atoms with van der Waals surface area (Å²) >= 11 is 0. The highest BCUT2D eigenvalue weighted by molar-refractivity contribution is 5.81. The second kappa shape index (κ2) is 7.84. The van der Waals surface area contributed by atoms with Crippen molar-refractivity contribution in [1.82, 2.24) is 0 Å². The van der Waals surface area contributed by atoms with E-state index in [9.17, 15) is 9.59 Å². The van der Waals surface area contributed by atoms with Gasteiger partial charge in [-0.3, -0.25) is 0 Å². The molecule has 0 aromatic carbocycles. The number of rotatable bonds is 7. The van der Waals surface area contributed by atoms with Gasteiger partial charge < -0.3 is 14.6 Å². The number of carbonyl (C=O) groups is 2. The van der Waals surface area contributed by atoms with Gasteiger partial charge in [-0.25, -0.2) is 9.59 Å². The molecule has 1 atom stereocenters. The fourth-order valence-corrected chi connectivity index (χ4v) is 1.08. The largest absolute Gasteiger partial charge is 0.506 e. The van der Waals surface area contributed by atoms with E-state index in [0.717, 1.165) is 12.5 Å². The Balaban J connectivity index is 3.79. The van der Waals surface area contributed by atoms with Crippen LogP contribution in [-0.4, -0.2) is 29.9 Å². The quantitative estimate of drug-likeness (QED) is 0.520. The Bertz CT molecular complexity index is 224. The van der Waals surface area contributed by atoms with Gasteiger partial charge in [0.25, 0.3) is 0 Å². The van der Waals surface area contributed by atoms with E-state index in [2.05, 4.69) is 11.3 Å². The first-order chi connectivity index (χ1) is 7.10. The third-order valence-corrected chi connectivity index (χ3v) is 1.73. The van der Waals surface area contributed by atoms with Crippen molar-refractivity contribution in [1.29, 1.82) is 0 Å². The van der Waals surface area contributed by atoms with Gasteiger partial charge in [0, 0.05) is 12.5 Å². The number of hydrogen-bond acceptors (Lipinski definition) is 4. The summed E-state index contributed by atoms with van der Waals surface area (Å²) < 4.78 is 9.33. The van der Waals surface area contributed by atoms with Crippen LogP contribution in [0.25, 0.3) is 0 Å². The van der Waals surface area contributed by atoms with E-state index in [1.54, 1.807) is 0 Å². The van der Waals surface area contributed by atoms with E-state index in [-0.39, 0.29) is 6.61 Å². The molecule has 0 heterocycles. The molecule has 0 aliphatic carbocycles. The predicted molar refractivity (Wildman–Crippen MR) is 53.6 cm³/mol. The van der Waals surface area contributed by atoms with Crippen LogP contribution in [0, 0.1) is 0 Å². The maximum Gasteiger partial charge on any atom is 0.506 e. The molecular weight excluding hydrogens is 200 g/mol. The van der Waals surface area contributed by atoms with E-state index in [4.69, 9.17) is 9.84 Å². The van der Waals surface area contributed by atoms with Crippen LogP contribution in [-0.2, 0) is 14.3 Å². The molecule has 86 valence electrons. The van der Waals surface area contributed by atoms with Crippen molar-refractivity contribution in [3.8, 4) is 0 Å². The van der Waals surface area contributed by atoms with E-state index < -0.39 is 18.2 Å². The lowest BCUT2D eigenvalue weighted by atomic mass is 10.1. The van der Waals surface area contributed by atoms with Gasteiger partial charge in [-0.15, -0.1) is 0 Å². The molecule has 0 aromatic heterocycles. The van der Waals surface area contributed by atoms with E-state index in [1.807, 2.05) is 6.92 Å². The Hall–Kier alpha value is -1.52. The summed E-state index contributed by atoms with van der Waals surface area (Å²) in [6, 6.07) is 0. The van der Waals surface area contributed by atoms with Crippen LogP contribution < -0.4 is 0 Å². The van der Waals surface area contributed by atoms with Crippen LogP contribution in [0.3, 0.4) is 0 Å². The minimum Gasteiger partial charge on any atom is -0.462 e. The van der Waals surface area contributed by atoms with E-state index in [0.29, 0.717) is 12.8 Å². The number of esters is 1. The first-order valence-electron chi connectivity index (χ1n) is 4.79. The van der Waals surface area contributed by atoms with Crippen LogP contribution in [0.4, 0.5) is 4.79 Å². The molecular formula is C10H16O5. The van der Waals surface area contributed by atoms with Gasteiger partial charge in [0.2, 0.25) is 0 Å².